The Labute approximate surface area is 376 Å². The fraction of sp³-hybridized carbons (Fsp3) is 0.0862. The Balaban J connectivity index is 1.03. The number of ether oxygens (including phenoxy) is 1. The molecule has 0 atom stereocenters. The minimum absolute atomic E-state index is 0.0390. The molecule has 1 aliphatic rings. The number of hydrogen-bond donors (Lipinski definition) is 0. The summed E-state index contributed by atoms with van der Waals surface area (Å²) in [5.41, 5.74) is 12.6. The van der Waals surface area contributed by atoms with E-state index >= 15 is 0 Å². The molecule has 7 heteroatoms. The third kappa shape index (κ3) is 6.50. The highest BCUT2D eigenvalue weighted by molar-refractivity contribution is 6.10. The van der Waals surface area contributed by atoms with Gasteiger partial charge in [-0.05, 0) is 95.4 Å². The molecular weight excluding hydrogens is 802 g/mol. The van der Waals surface area contributed by atoms with Crippen LogP contribution in [0.4, 0.5) is 27.1 Å². The van der Waals surface area contributed by atoms with Crippen LogP contribution in [-0.2, 0) is 5.41 Å². The number of halogens is 1. The summed E-state index contributed by atoms with van der Waals surface area (Å²) in [5.74, 6) is 2.04. The van der Waals surface area contributed by atoms with Crippen LogP contribution in [0.15, 0.2) is 200 Å². The van der Waals surface area contributed by atoms with E-state index in [1.165, 1.54) is 28.5 Å². The summed E-state index contributed by atoms with van der Waals surface area (Å²) in [5, 5.41) is 4.66. The van der Waals surface area contributed by atoms with Crippen LogP contribution in [0, 0.1) is 5.82 Å². The summed E-state index contributed by atoms with van der Waals surface area (Å²) in [6, 6.07) is 66.6. The maximum Gasteiger partial charge on any atom is 0.137 e. The number of hydrogen-bond acceptors (Lipinski definition) is 4. The van der Waals surface area contributed by atoms with Crippen LogP contribution in [-0.4, -0.2) is 20.8 Å². The second kappa shape index (κ2) is 15.0. The number of anilines is 4. The van der Waals surface area contributed by atoms with Gasteiger partial charge in [0.1, 0.15) is 29.8 Å². The zero-order valence-corrected chi connectivity index (χ0v) is 36.3. The monoisotopic (exact) mass is 845 g/mol. The van der Waals surface area contributed by atoms with Crippen LogP contribution in [0.2, 0.25) is 0 Å². The van der Waals surface area contributed by atoms with Crippen LogP contribution >= 0.6 is 0 Å². The first kappa shape index (κ1) is 38.5. The van der Waals surface area contributed by atoms with Crippen LogP contribution in [0.25, 0.3) is 66.2 Å². The molecule has 0 bridgehead atoms. The number of rotatable bonds is 7. The second-order valence-electron chi connectivity index (χ2n) is 17.9. The minimum atomic E-state index is -0.254. The van der Waals surface area contributed by atoms with E-state index in [9.17, 15) is 4.39 Å². The SMILES string of the molecule is CC(C)(C)c1ccnc(-n2c3ccccc3c3ccc(Oc4cc(N5CN(c6ccccc6-c6ccc(F)cc6)c6ccccc65)cc(-n5c6ccccc6c6ccccc65)c4)cc32)c1. The molecule has 0 amide bonds. The van der Waals surface area contributed by atoms with Gasteiger partial charge in [-0.2, -0.15) is 0 Å². The van der Waals surface area contributed by atoms with Crippen LogP contribution in [0.5, 0.6) is 11.5 Å². The summed E-state index contributed by atoms with van der Waals surface area (Å²) in [7, 11) is 0. The van der Waals surface area contributed by atoms with E-state index in [-0.39, 0.29) is 11.2 Å². The van der Waals surface area contributed by atoms with Crippen molar-refractivity contribution in [1.82, 2.24) is 14.1 Å². The van der Waals surface area contributed by atoms with E-state index in [1.807, 2.05) is 24.4 Å². The van der Waals surface area contributed by atoms with Crippen molar-refractivity contribution in [3.8, 4) is 34.1 Å². The first-order valence-corrected chi connectivity index (χ1v) is 22.1. The van der Waals surface area contributed by atoms with E-state index in [4.69, 9.17) is 9.72 Å². The highest BCUT2D eigenvalue weighted by Crippen LogP contribution is 2.48. The van der Waals surface area contributed by atoms with E-state index in [1.54, 1.807) is 0 Å². The van der Waals surface area contributed by atoms with Crippen LogP contribution in [0.1, 0.15) is 26.3 Å². The Morgan fingerprint density at radius 1 is 0.477 bits per heavy atom. The van der Waals surface area contributed by atoms with Crippen LogP contribution in [0.3, 0.4) is 0 Å². The summed E-state index contributed by atoms with van der Waals surface area (Å²) in [6.07, 6.45) is 1.91. The van der Waals surface area contributed by atoms with Crippen molar-refractivity contribution in [2.45, 2.75) is 26.2 Å². The van der Waals surface area contributed by atoms with Gasteiger partial charge < -0.3 is 19.1 Å². The molecule has 314 valence electrons. The topological polar surface area (TPSA) is 38.5 Å². The number of para-hydroxylation sites is 6. The molecular formula is C58H44FN5O. The summed E-state index contributed by atoms with van der Waals surface area (Å²) >= 11 is 0. The highest BCUT2D eigenvalue weighted by Gasteiger charge is 2.30. The molecule has 0 aliphatic carbocycles. The van der Waals surface area contributed by atoms with Gasteiger partial charge in [-0.15, -0.1) is 0 Å². The molecule has 0 N–H and O–H groups in total. The van der Waals surface area contributed by atoms with E-state index in [0.717, 1.165) is 84.0 Å². The predicted molar refractivity (Wildman–Crippen MR) is 266 cm³/mol. The molecule has 0 fully saturated rings. The van der Waals surface area contributed by atoms with E-state index in [0.29, 0.717) is 12.4 Å². The Kier molecular flexibility index (Phi) is 8.88. The molecule has 65 heavy (non-hydrogen) atoms. The van der Waals surface area contributed by atoms with Crippen molar-refractivity contribution < 1.29 is 9.13 Å². The Hall–Kier alpha value is -8.16. The number of nitrogens with zero attached hydrogens (tertiary/aromatic N) is 5. The lowest BCUT2D eigenvalue weighted by molar-refractivity contribution is 0.483. The molecule has 6 nitrogen and oxygen atoms in total. The third-order valence-corrected chi connectivity index (χ3v) is 12.8. The molecule has 1 aliphatic heterocycles. The fourth-order valence-corrected chi connectivity index (χ4v) is 9.74. The molecule has 0 radical (unpaired) electrons. The molecule has 0 saturated heterocycles. The van der Waals surface area contributed by atoms with Gasteiger partial charge in [-0.25, -0.2) is 9.37 Å². The van der Waals surface area contributed by atoms with Crippen LogP contribution < -0.4 is 14.5 Å². The zero-order valence-electron chi connectivity index (χ0n) is 36.3. The van der Waals surface area contributed by atoms with Crippen molar-refractivity contribution in [2.24, 2.45) is 0 Å². The van der Waals surface area contributed by atoms with Gasteiger partial charge in [0, 0.05) is 57.2 Å². The standard InChI is InChI=1S/C58H44FN5O/c1-58(2,3)39-30-31-60-57(32-39)64-53-21-11-7-17-48(53)49-29-28-43(36-56(49)64)65-44-34-41(33-42(35-44)63-51-19-9-5-15-46(51)47-16-6-10-20-52(47)63)61-37-62(55-23-13-12-22-54(55)61)50-18-8-4-14-45(50)38-24-26-40(59)27-25-38/h4-36H,37H2,1-3H3. The number of aromatic nitrogens is 3. The quantitative estimate of drug-likeness (QED) is 0.160. The van der Waals surface area contributed by atoms with Crippen molar-refractivity contribution in [3.63, 3.8) is 0 Å². The van der Waals surface area contributed by atoms with E-state index < -0.39 is 0 Å². The lowest BCUT2D eigenvalue weighted by Crippen LogP contribution is -2.24. The molecule has 0 saturated carbocycles. The normalized spacial score (nSPS) is 12.8. The molecule has 12 rings (SSSR count). The number of pyridine rings is 1. The number of fused-ring (bicyclic) bond motifs is 7. The average Bonchev–Trinajstić information content (AvgIpc) is 4.00. The summed E-state index contributed by atoms with van der Waals surface area (Å²) in [6.45, 7) is 7.24. The molecule has 4 heterocycles. The van der Waals surface area contributed by atoms with Gasteiger partial charge in [-0.3, -0.25) is 4.57 Å². The molecule has 11 aromatic rings. The predicted octanol–water partition coefficient (Wildman–Crippen LogP) is 15.4. The summed E-state index contributed by atoms with van der Waals surface area (Å²) in [4.78, 5) is 9.62. The lowest BCUT2D eigenvalue weighted by atomic mass is 9.88. The van der Waals surface area contributed by atoms with Crippen molar-refractivity contribution >= 4 is 66.4 Å². The van der Waals surface area contributed by atoms with Gasteiger partial charge in [0.05, 0.1) is 44.8 Å². The first-order chi connectivity index (χ1) is 31.8. The maximum absolute atomic E-state index is 14.1. The van der Waals surface area contributed by atoms with Gasteiger partial charge in [0.15, 0.2) is 0 Å². The maximum atomic E-state index is 14.1. The Morgan fingerprint density at radius 3 is 1.72 bits per heavy atom. The van der Waals surface area contributed by atoms with Crippen molar-refractivity contribution in [3.05, 3.63) is 212 Å². The fourth-order valence-electron chi connectivity index (χ4n) is 9.74. The van der Waals surface area contributed by atoms with Crippen molar-refractivity contribution in [1.29, 1.82) is 0 Å². The first-order valence-electron chi connectivity index (χ1n) is 22.1. The van der Waals surface area contributed by atoms with Gasteiger partial charge in [-0.1, -0.05) is 118 Å². The summed E-state index contributed by atoms with van der Waals surface area (Å²) < 4.78 is 25.8. The largest absolute Gasteiger partial charge is 0.457 e. The van der Waals surface area contributed by atoms with Gasteiger partial charge in [0.25, 0.3) is 0 Å². The minimum Gasteiger partial charge on any atom is -0.457 e. The van der Waals surface area contributed by atoms with Crippen molar-refractivity contribution in [2.75, 3.05) is 16.5 Å². The average molecular weight is 846 g/mol. The van der Waals surface area contributed by atoms with Gasteiger partial charge in [0.2, 0.25) is 0 Å². The Bertz CT molecular complexity index is 3580. The zero-order chi connectivity index (χ0) is 43.8. The lowest BCUT2D eigenvalue weighted by Gasteiger charge is -2.25. The molecule has 8 aromatic carbocycles. The number of benzene rings is 8. The molecule has 3 aromatic heterocycles. The van der Waals surface area contributed by atoms with Gasteiger partial charge >= 0.3 is 0 Å². The third-order valence-electron chi connectivity index (χ3n) is 12.8. The smallest absolute Gasteiger partial charge is 0.137 e. The molecule has 0 spiro atoms. The van der Waals surface area contributed by atoms with E-state index in [2.05, 4.69) is 203 Å². The highest BCUT2D eigenvalue weighted by atomic mass is 19.1. The second-order valence-corrected chi connectivity index (χ2v) is 17.9. The molecule has 0 unspecified atom stereocenters. The Morgan fingerprint density at radius 2 is 1.05 bits per heavy atom.